The lowest BCUT2D eigenvalue weighted by molar-refractivity contribution is -0.117. The van der Waals surface area contributed by atoms with E-state index < -0.39 is 0 Å². The Morgan fingerprint density at radius 3 is 2.56 bits per heavy atom. The Bertz CT molecular complexity index is 1540. The molecule has 1 atom stereocenters. The highest BCUT2D eigenvalue weighted by atomic mass is 16.2. The predicted molar refractivity (Wildman–Crippen MR) is 157 cm³/mol. The van der Waals surface area contributed by atoms with Gasteiger partial charge in [-0.3, -0.25) is 14.0 Å². The number of carbonyl (C=O) groups excluding carboxylic acids is 2. The van der Waals surface area contributed by atoms with Crippen molar-refractivity contribution < 1.29 is 9.59 Å². The average molecular weight is 525 g/mol. The fraction of sp³-hybridized carbons (Fsp3) is 0.290. The maximum absolute atomic E-state index is 13.2. The summed E-state index contributed by atoms with van der Waals surface area (Å²) < 4.78 is 1.86. The van der Waals surface area contributed by atoms with Gasteiger partial charge < -0.3 is 16.4 Å². The van der Waals surface area contributed by atoms with Gasteiger partial charge >= 0.3 is 0 Å². The number of hydrogen-bond acceptors (Lipinski definition) is 5. The van der Waals surface area contributed by atoms with Gasteiger partial charge in [0.1, 0.15) is 22.9 Å². The number of imidazole rings is 1. The molecule has 0 radical (unpaired) electrons. The molecule has 8 heteroatoms. The molecule has 2 aromatic carbocycles. The number of carbonyl (C=O) groups is 2. The molecule has 202 valence electrons. The molecule has 2 heterocycles. The summed E-state index contributed by atoms with van der Waals surface area (Å²) in [7, 11) is 0. The summed E-state index contributed by atoms with van der Waals surface area (Å²) >= 11 is 0. The Hall–Kier alpha value is -4.46. The van der Waals surface area contributed by atoms with Crippen LogP contribution < -0.4 is 16.4 Å². The van der Waals surface area contributed by atoms with E-state index in [1.807, 2.05) is 28.7 Å². The first-order valence-electron chi connectivity index (χ1n) is 13.2. The summed E-state index contributed by atoms with van der Waals surface area (Å²) in [4.78, 5) is 34.7. The third-order valence-electron chi connectivity index (χ3n) is 6.68. The first-order chi connectivity index (χ1) is 18.6. The van der Waals surface area contributed by atoms with Crippen LogP contribution >= 0.6 is 0 Å². The summed E-state index contributed by atoms with van der Waals surface area (Å²) in [5, 5.41) is 6.00. The zero-order valence-corrected chi connectivity index (χ0v) is 23.2. The van der Waals surface area contributed by atoms with Crippen LogP contribution in [0.4, 0.5) is 11.5 Å². The molecular weight excluding hydrogens is 488 g/mol. The molecule has 0 spiro atoms. The minimum absolute atomic E-state index is 0.223. The van der Waals surface area contributed by atoms with Gasteiger partial charge in [-0.1, -0.05) is 52.5 Å². The second-order valence-electron chi connectivity index (χ2n) is 10.5. The molecule has 4 aromatic rings. The lowest BCUT2D eigenvalue weighted by Gasteiger charge is -2.19. The number of nitrogens with zero attached hydrogens (tertiary/aromatic N) is 3. The van der Waals surface area contributed by atoms with E-state index in [1.54, 1.807) is 24.5 Å². The van der Waals surface area contributed by atoms with Crippen molar-refractivity contribution in [2.24, 2.45) is 5.92 Å². The number of benzene rings is 2. The summed E-state index contributed by atoms with van der Waals surface area (Å²) in [6.07, 6.45) is 5.30. The maximum atomic E-state index is 13.2. The Morgan fingerprint density at radius 1 is 1.13 bits per heavy atom. The van der Waals surface area contributed by atoms with Gasteiger partial charge in [0, 0.05) is 29.2 Å². The first-order valence-corrected chi connectivity index (χ1v) is 13.2. The largest absolute Gasteiger partial charge is 0.382 e. The third kappa shape index (κ3) is 6.00. The molecule has 0 unspecified atom stereocenters. The van der Waals surface area contributed by atoms with Gasteiger partial charge in [0.25, 0.3) is 5.91 Å². The number of amides is 2. The Morgan fingerprint density at radius 2 is 1.90 bits per heavy atom. The molecule has 4 N–H and O–H groups in total. The fourth-order valence-corrected chi connectivity index (χ4v) is 4.88. The predicted octanol–water partition coefficient (Wildman–Crippen LogP) is 6.05. The number of nitrogen functional groups attached to an aromatic ring is 1. The van der Waals surface area contributed by atoms with E-state index in [0.29, 0.717) is 46.7 Å². The van der Waals surface area contributed by atoms with Gasteiger partial charge in [-0.2, -0.15) is 0 Å². The number of hydrogen-bond donors (Lipinski definition) is 3. The van der Waals surface area contributed by atoms with E-state index in [-0.39, 0.29) is 17.9 Å². The van der Waals surface area contributed by atoms with Gasteiger partial charge in [0.2, 0.25) is 5.91 Å². The molecule has 0 aliphatic rings. The second-order valence-corrected chi connectivity index (χ2v) is 10.5. The van der Waals surface area contributed by atoms with Crippen molar-refractivity contribution in [1.82, 2.24) is 19.7 Å². The average Bonchev–Trinajstić information content (AvgIpc) is 3.29. The van der Waals surface area contributed by atoms with Crippen LogP contribution in [0.2, 0.25) is 0 Å². The molecule has 0 saturated carbocycles. The van der Waals surface area contributed by atoms with E-state index in [0.717, 1.165) is 16.8 Å². The van der Waals surface area contributed by atoms with Gasteiger partial charge in [-0.05, 0) is 66.6 Å². The second kappa shape index (κ2) is 11.5. The minimum Gasteiger partial charge on any atom is -0.382 e. The van der Waals surface area contributed by atoms with Gasteiger partial charge in [-0.25, -0.2) is 9.97 Å². The van der Waals surface area contributed by atoms with E-state index in [1.165, 1.54) is 11.6 Å². The van der Waals surface area contributed by atoms with Crippen LogP contribution in [-0.2, 0) is 4.79 Å². The number of nitrogens with one attached hydrogen (secondary N) is 2. The van der Waals surface area contributed by atoms with E-state index in [9.17, 15) is 9.59 Å². The quantitative estimate of drug-likeness (QED) is 0.231. The molecule has 0 saturated heterocycles. The molecule has 2 amide bonds. The van der Waals surface area contributed by atoms with Crippen LogP contribution in [-0.4, -0.2) is 26.2 Å². The third-order valence-corrected chi connectivity index (χ3v) is 6.68. The molecule has 2 aromatic heterocycles. The summed E-state index contributed by atoms with van der Waals surface area (Å²) in [6.45, 7) is 14.1. The van der Waals surface area contributed by atoms with Gasteiger partial charge in [0.15, 0.2) is 0 Å². The SMILES string of the molecule is C=CC(=O)N[C@@H](CC(C)C)c1nc(-c2cccc(C(=O)Nc3ccc(C(C)C)c(C)c3)c2)c2c(N)nccn12. The van der Waals surface area contributed by atoms with E-state index >= 15 is 0 Å². The van der Waals surface area contributed by atoms with Gasteiger partial charge in [0.05, 0.1) is 6.04 Å². The highest BCUT2D eigenvalue weighted by molar-refractivity contribution is 6.05. The number of aryl methyl sites for hydroxylation is 1. The topological polar surface area (TPSA) is 114 Å². The number of aromatic nitrogens is 3. The van der Waals surface area contributed by atoms with Gasteiger partial charge in [-0.15, -0.1) is 0 Å². The Labute approximate surface area is 229 Å². The standard InChI is InChI=1S/C31H36N6O2/c1-7-26(38)35-25(15-18(2)3)30-36-27(28-29(32)33-13-14-37(28)30)21-9-8-10-22(17-21)31(39)34-23-11-12-24(19(4)5)20(6)16-23/h7-14,16-19,25H,1,15H2,2-6H3,(H2,32,33)(H,34,39)(H,35,38)/t25-/m0/s1. The highest BCUT2D eigenvalue weighted by Crippen LogP contribution is 2.32. The summed E-state index contributed by atoms with van der Waals surface area (Å²) in [5.41, 5.74) is 11.9. The molecule has 4 rings (SSSR count). The lowest BCUT2D eigenvalue weighted by Crippen LogP contribution is -2.29. The zero-order valence-electron chi connectivity index (χ0n) is 23.2. The van der Waals surface area contributed by atoms with Crippen LogP contribution in [0, 0.1) is 12.8 Å². The van der Waals surface area contributed by atoms with Crippen LogP contribution in [0.3, 0.4) is 0 Å². The normalized spacial score (nSPS) is 12.1. The van der Waals surface area contributed by atoms with Crippen molar-refractivity contribution in [3.8, 4) is 11.3 Å². The lowest BCUT2D eigenvalue weighted by atomic mass is 9.97. The van der Waals surface area contributed by atoms with Crippen LogP contribution in [0.5, 0.6) is 0 Å². The first kappa shape index (κ1) is 27.6. The van der Waals surface area contributed by atoms with Crippen LogP contribution in [0.1, 0.15) is 73.4 Å². The molecule has 0 bridgehead atoms. The van der Waals surface area contributed by atoms with Crippen molar-refractivity contribution in [3.63, 3.8) is 0 Å². The molecule has 39 heavy (non-hydrogen) atoms. The summed E-state index contributed by atoms with van der Waals surface area (Å²) in [5.74, 6) is 1.14. The number of nitrogens with two attached hydrogens (primary N) is 1. The molecular formula is C31H36N6O2. The number of anilines is 2. The maximum Gasteiger partial charge on any atom is 0.255 e. The number of rotatable bonds is 9. The molecule has 0 aliphatic heterocycles. The molecule has 0 fully saturated rings. The zero-order chi connectivity index (χ0) is 28.3. The van der Waals surface area contributed by atoms with Crippen LogP contribution in [0.15, 0.2) is 67.5 Å². The van der Waals surface area contributed by atoms with Crippen molar-refractivity contribution in [1.29, 1.82) is 0 Å². The van der Waals surface area contributed by atoms with E-state index in [2.05, 4.69) is 62.9 Å². The molecule has 8 nitrogen and oxygen atoms in total. The van der Waals surface area contributed by atoms with Crippen molar-refractivity contribution >= 4 is 28.8 Å². The van der Waals surface area contributed by atoms with Crippen LogP contribution in [0.25, 0.3) is 16.8 Å². The van der Waals surface area contributed by atoms with E-state index in [4.69, 9.17) is 10.7 Å². The minimum atomic E-state index is -0.373. The summed E-state index contributed by atoms with van der Waals surface area (Å²) in [6, 6.07) is 12.9. The fourth-order valence-electron chi connectivity index (χ4n) is 4.88. The van der Waals surface area contributed by atoms with Crippen molar-refractivity contribution in [2.45, 2.75) is 53.0 Å². The Balaban J connectivity index is 1.73. The number of fused-ring (bicyclic) bond motifs is 1. The Kier molecular flexibility index (Phi) is 8.14. The molecule has 0 aliphatic carbocycles. The monoisotopic (exact) mass is 524 g/mol. The van der Waals surface area contributed by atoms with Crippen molar-refractivity contribution in [3.05, 3.63) is 90.0 Å². The smallest absolute Gasteiger partial charge is 0.255 e. The van der Waals surface area contributed by atoms with Crippen molar-refractivity contribution in [2.75, 3.05) is 11.1 Å². The highest BCUT2D eigenvalue weighted by Gasteiger charge is 2.24.